The van der Waals surface area contributed by atoms with E-state index in [1.165, 1.54) is 11.1 Å². The second-order valence-corrected chi connectivity index (χ2v) is 8.95. The van der Waals surface area contributed by atoms with Gasteiger partial charge in [-0.25, -0.2) is 9.97 Å². The van der Waals surface area contributed by atoms with E-state index in [9.17, 15) is 5.11 Å². The Balaban J connectivity index is 1.38. The molecule has 7 heteroatoms. The molecule has 0 unspecified atom stereocenters. The van der Waals surface area contributed by atoms with Gasteiger partial charge in [-0.2, -0.15) is 0 Å². The van der Waals surface area contributed by atoms with Gasteiger partial charge in [0.05, 0.1) is 5.69 Å². The monoisotopic (exact) mass is 407 g/mol. The van der Waals surface area contributed by atoms with Gasteiger partial charge in [-0.3, -0.25) is 0 Å². The van der Waals surface area contributed by atoms with Crippen LogP contribution in [0.4, 0.5) is 0 Å². The molecule has 1 N–H and O–H groups in total. The Labute approximate surface area is 174 Å². The number of aromatic nitrogens is 3. The molecule has 4 heterocycles. The van der Waals surface area contributed by atoms with E-state index in [4.69, 9.17) is 14.2 Å². The van der Waals surface area contributed by atoms with Crippen LogP contribution < -0.4 is 0 Å². The molecule has 2 aromatic heterocycles. The van der Waals surface area contributed by atoms with Crippen LogP contribution in [0.5, 0.6) is 0 Å². The van der Waals surface area contributed by atoms with Crippen LogP contribution in [0.3, 0.4) is 0 Å². The predicted molar refractivity (Wildman–Crippen MR) is 109 cm³/mol. The van der Waals surface area contributed by atoms with Crippen LogP contribution in [-0.4, -0.2) is 43.7 Å². The van der Waals surface area contributed by atoms with E-state index in [0.717, 1.165) is 35.1 Å². The molecule has 0 spiro atoms. The molecule has 1 aliphatic carbocycles. The third kappa shape index (κ3) is 2.66. The predicted octanol–water partition coefficient (Wildman–Crippen LogP) is 2.99. The summed E-state index contributed by atoms with van der Waals surface area (Å²) in [4.78, 5) is 8.75. The minimum absolute atomic E-state index is 0.350. The largest absolute Gasteiger partial charge is 0.386 e. The number of aliphatic hydroxyl groups is 1. The lowest BCUT2D eigenvalue weighted by Gasteiger charge is -2.28. The zero-order chi connectivity index (χ0) is 20.6. The number of benzene rings is 1. The van der Waals surface area contributed by atoms with Gasteiger partial charge >= 0.3 is 0 Å². The van der Waals surface area contributed by atoms with Crippen molar-refractivity contribution in [2.45, 2.75) is 70.0 Å². The summed E-state index contributed by atoms with van der Waals surface area (Å²) in [5.41, 5.74) is 5.24. The molecular weight excluding hydrogens is 382 g/mol. The molecule has 1 aromatic carbocycles. The summed E-state index contributed by atoms with van der Waals surface area (Å²) < 4.78 is 20.8. The standard InChI is InChI=1S/C23H25N3O4/c1-12-16-8-9-26(21(16)25-11-24-12)22-20-19(29-23(2,3)30-20)18(28-22)17(27)15-7-5-13-4-6-14(13)10-15/h5,7-11,17-20,22,27H,4,6H2,1-3H3/t17-,18-,19-,20-,22-/m1/s1. The zero-order valence-corrected chi connectivity index (χ0v) is 17.3. The Morgan fingerprint density at radius 1 is 1.10 bits per heavy atom. The van der Waals surface area contributed by atoms with Crippen molar-refractivity contribution < 1.29 is 19.3 Å². The van der Waals surface area contributed by atoms with Gasteiger partial charge in [0.25, 0.3) is 0 Å². The Bertz CT molecular complexity index is 1140. The van der Waals surface area contributed by atoms with Crippen LogP contribution in [0.15, 0.2) is 36.8 Å². The van der Waals surface area contributed by atoms with Gasteiger partial charge in [0.2, 0.25) is 0 Å². The van der Waals surface area contributed by atoms with Crippen molar-refractivity contribution in [3.05, 3.63) is 59.2 Å². The smallest absolute Gasteiger partial charge is 0.164 e. The number of hydrogen-bond donors (Lipinski definition) is 1. The van der Waals surface area contributed by atoms with E-state index in [0.29, 0.717) is 0 Å². The molecule has 3 aromatic rings. The summed E-state index contributed by atoms with van der Waals surface area (Å²) in [5, 5.41) is 12.2. The molecule has 0 bridgehead atoms. The van der Waals surface area contributed by atoms with Crippen molar-refractivity contribution in [1.82, 2.24) is 14.5 Å². The van der Waals surface area contributed by atoms with Gasteiger partial charge in [0.1, 0.15) is 36.4 Å². The molecule has 5 atom stereocenters. The number of fused-ring (bicyclic) bond motifs is 3. The number of rotatable bonds is 3. The quantitative estimate of drug-likeness (QED) is 0.719. The maximum atomic E-state index is 11.3. The third-order valence-corrected chi connectivity index (χ3v) is 6.59. The van der Waals surface area contributed by atoms with Crippen LogP contribution >= 0.6 is 0 Å². The molecule has 0 saturated carbocycles. The Hall–Kier alpha value is -2.32. The minimum atomic E-state index is -0.802. The topological polar surface area (TPSA) is 78.6 Å². The molecule has 7 nitrogen and oxygen atoms in total. The first kappa shape index (κ1) is 18.4. The highest BCUT2D eigenvalue weighted by Gasteiger charge is 2.58. The normalized spacial score (nSPS) is 30.1. The summed E-state index contributed by atoms with van der Waals surface area (Å²) in [7, 11) is 0. The number of hydrogen-bond acceptors (Lipinski definition) is 6. The number of aliphatic hydroxyl groups excluding tert-OH is 1. The summed E-state index contributed by atoms with van der Waals surface area (Å²) >= 11 is 0. The van der Waals surface area contributed by atoms with Crippen molar-refractivity contribution in [3.8, 4) is 0 Å². The van der Waals surface area contributed by atoms with Crippen molar-refractivity contribution in [3.63, 3.8) is 0 Å². The van der Waals surface area contributed by atoms with E-state index in [-0.39, 0.29) is 12.2 Å². The Kier molecular flexibility index (Phi) is 3.90. The minimum Gasteiger partial charge on any atom is -0.386 e. The molecule has 2 aliphatic heterocycles. The van der Waals surface area contributed by atoms with Gasteiger partial charge in [-0.1, -0.05) is 18.2 Å². The maximum absolute atomic E-state index is 11.3. The van der Waals surface area contributed by atoms with Crippen molar-refractivity contribution >= 4 is 11.0 Å². The summed E-state index contributed by atoms with van der Waals surface area (Å²) in [5.74, 6) is -0.746. The lowest BCUT2D eigenvalue weighted by Crippen LogP contribution is -2.34. The average Bonchev–Trinajstić information content (AvgIpc) is 3.33. The van der Waals surface area contributed by atoms with E-state index >= 15 is 0 Å². The van der Waals surface area contributed by atoms with Crippen LogP contribution in [0.2, 0.25) is 0 Å². The van der Waals surface area contributed by atoms with Crippen LogP contribution in [0, 0.1) is 6.92 Å². The molecule has 3 aliphatic rings. The molecule has 30 heavy (non-hydrogen) atoms. The van der Waals surface area contributed by atoms with Crippen molar-refractivity contribution in [2.24, 2.45) is 0 Å². The highest BCUT2D eigenvalue weighted by Crippen LogP contribution is 2.47. The van der Waals surface area contributed by atoms with E-state index in [2.05, 4.69) is 22.1 Å². The number of ether oxygens (including phenoxy) is 3. The molecule has 6 rings (SSSR count). The molecule has 0 radical (unpaired) electrons. The first-order chi connectivity index (χ1) is 14.4. The summed E-state index contributed by atoms with van der Waals surface area (Å²) in [6, 6.07) is 8.19. The molecule has 2 saturated heterocycles. The molecule has 0 amide bonds. The zero-order valence-electron chi connectivity index (χ0n) is 17.3. The number of aryl methyl sites for hydroxylation is 3. The lowest BCUT2D eigenvalue weighted by molar-refractivity contribution is -0.207. The van der Waals surface area contributed by atoms with Crippen molar-refractivity contribution in [1.29, 1.82) is 0 Å². The van der Waals surface area contributed by atoms with Gasteiger partial charge < -0.3 is 23.9 Å². The fraction of sp³-hybridized carbons (Fsp3) is 0.478. The van der Waals surface area contributed by atoms with E-state index < -0.39 is 24.2 Å². The first-order valence-corrected chi connectivity index (χ1v) is 10.5. The highest BCUT2D eigenvalue weighted by molar-refractivity contribution is 5.78. The Morgan fingerprint density at radius 2 is 1.90 bits per heavy atom. The molecule has 2 fully saturated rings. The first-order valence-electron chi connectivity index (χ1n) is 10.5. The SMILES string of the molecule is Cc1ncnc2c1ccn2[C@@H]1O[C@H]([C@H](O)c2ccc3c(c2)CC3)[C@H]2OC(C)(C)O[C@H]21. The second-order valence-electron chi connectivity index (χ2n) is 8.95. The van der Waals surface area contributed by atoms with Crippen LogP contribution in [-0.2, 0) is 27.1 Å². The van der Waals surface area contributed by atoms with Gasteiger partial charge in [-0.05, 0) is 56.4 Å². The summed E-state index contributed by atoms with van der Waals surface area (Å²) in [6.45, 7) is 5.76. The van der Waals surface area contributed by atoms with Crippen LogP contribution in [0.1, 0.15) is 48.6 Å². The average molecular weight is 407 g/mol. The number of nitrogens with zero attached hydrogens (tertiary/aromatic N) is 3. The second kappa shape index (κ2) is 6.34. The van der Waals surface area contributed by atoms with Gasteiger partial charge in [-0.15, -0.1) is 0 Å². The lowest BCUT2D eigenvalue weighted by atomic mass is 9.85. The van der Waals surface area contributed by atoms with Gasteiger partial charge in [0, 0.05) is 11.6 Å². The fourth-order valence-electron chi connectivity index (χ4n) is 4.98. The third-order valence-electron chi connectivity index (χ3n) is 6.59. The van der Waals surface area contributed by atoms with E-state index in [1.54, 1.807) is 6.33 Å². The van der Waals surface area contributed by atoms with Crippen molar-refractivity contribution in [2.75, 3.05) is 0 Å². The molecule has 156 valence electrons. The Morgan fingerprint density at radius 3 is 2.67 bits per heavy atom. The highest BCUT2D eigenvalue weighted by atomic mass is 16.8. The van der Waals surface area contributed by atoms with Crippen LogP contribution in [0.25, 0.3) is 11.0 Å². The fourth-order valence-corrected chi connectivity index (χ4v) is 4.98. The molecular formula is C23H25N3O4. The summed E-state index contributed by atoms with van der Waals surface area (Å²) in [6.07, 6.45) is 3.17. The van der Waals surface area contributed by atoms with E-state index in [1.807, 2.05) is 43.7 Å². The maximum Gasteiger partial charge on any atom is 0.164 e. The van der Waals surface area contributed by atoms with Gasteiger partial charge in [0.15, 0.2) is 12.0 Å².